The van der Waals surface area contributed by atoms with Gasteiger partial charge in [-0.15, -0.1) is 0 Å². The second kappa shape index (κ2) is 11.4. The lowest BCUT2D eigenvalue weighted by atomic mass is 9.94. The maximum atomic E-state index is 17.0. The minimum Gasteiger partial charge on any atom is -0.351 e. The number of aromatic nitrogens is 4. The summed E-state index contributed by atoms with van der Waals surface area (Å²) in [4.78, 5) is 32.6. The summed E-state index contributed by atoms with van der Waals surface area (Å²) in [5.74, 6) is -0.0346. The molecule has 7 rings (SSSR count). The van der Waals surface area contributed by atoms with E-state index in [-0.39, 0.29) is 35.0 Å². The minimum atomic E-state index is -0.490. The molecule has 9 nitrogen and oxygen atoms in total. The number of anilines is 1. The van der Waals surface area contributed by atoms with Crippen molar-refractivity contribution in [2.75, 3.05) is 38.6 Å². The van der Waals surface area contributed by atoms with Crippen molar-refractivity contribution < 1.29 is 9.18 Å². The molecule has 0 aliphatic carbocycles. The molecule has 2 aliphatic heterocycles. The van der Waals surface area contributed by atoms with E-state index in [1.54, 1.807) is 29.7 Å². The van der Waals surface area contributed by atoms with Gasteiger partial charge in [0.05, 0.1) is 29.4 Å². The average molecular weight is 623 g/mol. The molecule has 3 aromatic heterocycles. The molecule has 45 heavy (non-hydrogen) atoms. The summed E-state index contributed by atoms with van der Waals surface area (Å²) in [6, 6.07) is 11.6. The van der Waals surface area contributed by atoms with Crippen LogP contribution >= 0.6 is 11.6 Å². The SMILES string of the molecule is C=CC(=O)N1CCC(n2cnc3c(N4CC(N(C)C)C4)nc4c(F)c(-c5cccc6cnccc56)c(Cl)cc4c32)CC1CC#N. The van der Waals surface area contributed by atoms with Crippen LogP contribution < -0.4 is 4.90 Å². The minimum absolute atomic E-state index is 0.0707. The van der Waals surface area contributed by atoms with Gasteiger partial charge in [-0.05, 0) is 56.1 Å². The monoisotopic (exact) mass is 622 g/mol. The number of hydrogen-bond acceptors (Lipinski definition) is 7. The van der Waals surface area contributed by atoms with Gasteiger partial charge in [0, 0.05) is 66.5 Å². The van der Waals surface area contributed by atoms with Crippen LogP contribution in [-0.4, -0.2) is 81.0 Å². The van der Waals surface area contributed by atoms with Crippen LogP contribution in [0.3, 0.4) is 0 Å². The molecule has 0 spiro atoms. The lowest BCUT2D eigenvalue weighted by Gasteiger charge is -2.43. The molecule has 2 aliphatic rings. The normalized spacial score (nSPS) is 18.9. The fourth-order valence-corrected chi connectivity index (χ4v) is 7.17. The number of nitrogens with zero attached hydrogens (tertiary/aromatic N) is 8. The Morgan fingerprint density at radius 1 is 1.24 bits per heavy atom. The van der Waals surface area contributed by atoms with E-state index in [0.717, 1.165) is 29.4 Å². The number of carbonyl (C=O) groups excluding carboxylic acids is 1. The number of hydrogen-bond donors (Lipinski definition) is 0. The molecule has 1 amide bonds. The van der Waals surface area contributed by atoms with Gasteiger partial charge < -0.3 is 19.3 Å². The number of nitriles is 1. The molecule has 2 atom stereocenters. The van der Waals surface area contributed by atoms with Gasteiger partial charge in [0.2, 0.25) is 5.91 Å². The van der Waals surface area contributed by atoms with Crippen molar-refractivity contribution in [2.24, 2.45) is 0 Å². The molecule has 0 bridgehead atoms. The molecule has 2 fully saturated rings. The number of likely N-dealkylation sites (tertiary alicyclic amines) is 1. The van der Waals surface area contributed by atoms with Crippen LogP contribution in [0, 0.1) is 17.1 Å². The second-order valence-corrected chi connectivity index (χ2v) is 12.5. The third-order valence-electron chi connectivity index (χ3n) is 9.38. The smallest absolute Gasteiger partial charge is 0.246 e. The van der Waals surface area contributed by atoms with Crippen LogP contribution in [0.15, 0.2) is 61.7 Å². The van der Waals surface area contributed by atoms with E-state index in [2.05, 4.69) is 46.1 Å². The van der Waals surface area contributed by atoms with E-state index in [1.165, 1.54) is 6.08 Å². The molecule has 0 saturated carbocycles. The van der Waals surface area contributed by atoms with Gasteiger partial charge in [-0.25, -0.2) is 14.4 Å². The zero-order valence-electron chi connectivity index (χ0n) is 25.1. The Hall–Kier alpha value is -4.59. The van der Waals surface area contributed by atoms with Crippen molar-refractivity contribution in [2.45, 2.75) is 37.4 Å². The van der Waals surface area contributed by atoms with Crippen molar-refractivity contribution in [3.63, 3.8) is 0 Å². The summed E-state index contributed by atoms with van der Waals surface area (Å²) >= 11 is 6.96. The van der Waals surface area contributed by atoms with Crippen molar-refractivity contribution >= 4 is 56.0 Å². The first-order chi connectivity index (χ1) is 21.8. The van der Waals surface area contributed by atoms with E-state index in [4.69, 9.17) is 21.6 Å². The molecule has 11 heteroatoms. The highest BCUT2D eigenvalue weighted by Crippen LogP contribution is 2.43. The van der Waals surface area contributed by atoms with Crippen molar-refractivity contribution in [1.82, 2.24) is 29.3 Å². The molecular weight excluding hydrogens is 591 g/mol. The van der Waals surface area contributed by atoms with Crippen LogP contribution in [0.5, 0.6) is 0 Å². The number of amides is 1. The van der Waals surface area contributed by atoms with Crippen LogP contribution in [-0.2, 0) is 4.79 Å². The Morgan fingerprint density at radius 3 is 2.82 bits per heavy atom. The van der Waals surface area contributed by atoms with Gasteiger partial charge in [0.15, 0.2) is 11.6 Å². The molecule has 2 saturated heterocycles. The summed E-state index contributed by atoms with van der Waals surface area (Å²) in [5.41, 5.74) is 2.63. The van der Waals surface area contributed by atoms with Crippen LogP contribution in [0.2, 0.25) is 5.02 Å². The van der Waals surface area contributed by atoms with Crippen molar-refractivity contribution in [1.29, 1.82) is 5.26 Å². The number of pyridine rings is 2. The number of fused-ring (bicyclic) bond motifs is 4. The Bertz CT molecular complexity index is 2020. The highest BCUT2D eigenvalue weighted by molar-refractivity contribution is 6.35. The highest BCUT2D eigenvalue weighted by atomic mass is 35.5. The van der Waals surface area contributed by atoms with Gasteiger partial charge in [0.1, 0.15) is 11.0 Å². The second-order valence-electron chi connectivity index (χ2n) is 12.1. The summed E-state index contributed by atoms with van der Waals surface area (Å²) in [6.45, 7) is 5.61. The van der Waals surface area contributed by atoms with Crippen molar-refractivity contribution in [3.8, 4) is 17.2 Å². The van der Waals surface area contributed by atoms with E-state index in [1.807, 2.05) is 24.3 Å². The lowest BCUT2D eigenvalue weighted by Crippen LogP contribution is -2.57. The standard InChI is InChI=1S/C34H32ClFN8O/c1-4-28(45)43-13-10-22(14-21(43)8-11-37)44-19-39-32-33(44)26-15-27(35)29(25-7-5-6-20-16-38-12-9-24(20)25)30(36)31(26)40-34(32)42-17-23(18-42)41(2)3/h4-7,9,12,15-16,19,21-23H,1,8,10,13-14,17-18H2,2-3H3. The molecule has 2 unspecified atom stereocenters. The molecule has 5 heterocycles. The first kappa shape index (κ1) is 29.1. The van der Waals surface area contributed by atoms with Gasteiger partial charge in [-0.1, -0.05) is 36.4 Å². The van der Waals surface area contributed by atoms with Gasteiger partial charge >= 0.3 is 0 Å². The predicted molar refractivity (Wildman–Crippen MR) is 175 cm³/mol. The van der Waals surface area contributed by atoms with Crippen LogP contribution in [0.4, 0.5) is 10.2 Å². The average Bonchev–Trinajstić information content (AvgIpc) is 3.46. The third kappa shape index (κ3) is 4.78. The number of imidazole rings is 1. The predicted octanol–water partition coefficient (Wildman–Crippen LogP) is 5.97. The molecular formula is C34H32ClFN8O. The summed E-state index contributed by atoms with van der Waals surface area (Å²) in [7, 11) is 4.10. The number of piperidine rings is 1. The molecule has 2 aromatic carbocycles. The summed E-state index contributed by atoms with van der Waals surface area (Å²) in [6.07, 6.45) is 7.94. The summed E-state index contributed by atoms with van der Waals surface area (Å²) in [5, 5.41) is 12.1. The molecule has 228 valence electrons. The largest absolute Gasteiger partial charge is 0.351 e. The first-order valence-electron chi connectivity index (χ1n) is 15.0. The molecule has 0 radical (unpaired) electrons. The summed E-state index contributed by atoms with van der Waals surface area (Å²) < 4.78 is 19.0. The fourth-order valence-electron chi connectivity index (χ4n) is 6.88. The lowest BCUT2D eigenvalue weighted by molar-refractivity contribution is -0.130. The van der Waals surface area contributed by atoms with Gasteiger partial charge in [-0.3, -0.25) is 9.78 Å². The Balaban J connectivity index is 1.43. The maximum Gasteiger partial charge on any atom is 0.246 e. The van der Waals surface area contributed by atoms with E-state index < -0.39 is 5.82 Å². The first-order valence-corrected chi connectivity index (χ1v) is 15.4. The fraction of sp³-hybridized carbons (Fsp3) is 0.324. The Morgan fingerprint density at radius 2 is 2.07 bits per heavy atom. The number of halogens is 2. The zero-order valence-corrected chi connectivity index (χ0v) is 25.9. The Labute approximate surface area is 265 Å². The van der Waals surface area contributed by atoms with Gasteiger partial charge in [-0.2, -0.15) is 5.26 Å². The van der Waals surface area contributed by atoms with Crippen LogP contribution in [0.25, 0.3) is 43.8 Å². The molecule has 0 N–H and O–H groups in total. The Kier molecular flexibility index (Phi) is 7.38. The topological polar surface area (TPSA) is 94.2 Å². The number of carbonyl (C=O) groups is 1. The number of benzene rings is 2. The molecule has 5 aromatic rings. The van der Waals surface area contributed by atoms with Crippen LogP contribution in [0.1, 0.15) is 25.3 Å². The maximum absolute atomic E-state index is 17.0. The quantitative estimate of drug-likeness (QED) is 0.215. The third-order valence-corrected chi connectivity index (χ3v) is 9.68. The van der Waals surface area contributed by atoms with Crippen molar-refractivity contribution in [3.05, 3.63) is 72.5 Å². The van der Waals surface area contributed by atoms with E-state index in [9.17, 15) is 10.1 Å². The number of likely N-dealkylation sites (N-methyl/N-ethyl adjacent to an activating group) is 1. The number of rotatable bonds is 6. The van der Waals surface area contributed by atoms with E-state index >= 15 is 4.39 Å². The van der Waals surface area contributed by atoms with E-state index in [0.29, 0.717) is 53.3 Å². The highest BCUT2D eigenvalue weighted by Gasteiger charge is 2.35. The zero-order chi connectivity index (χ0) is 31.4. The van der Waals surface area contributed by atoms with Gasteiger partial charge in [0.25, 0.3) is 0 Å².